The summed E-state index contributed by atoms with van der Waals surface area (Å²) in [4.78, 5) is 22.4. The van der Waals surface area contributed by atoms with Gasteiger partial charge in [0.05, 0.1) is 25.6 Å². The summed E-state index contributed by atoms with van der Waals surface area (Å²) in [6.07, 6.45) is -2.76. The first-order valence-electron chi connectivity index (χ1n) is 6.51. The number of aliphatic hydroxyl groups is 2. The standard InChI is InChI=1S/C12H15FN4O4/c1-5-15-11-9(12(20)16-5)14-4-17(11)6-3-21-7(2-18)10(19)8(6)13/h4,6-8,10,18-19H,2-3H2,1H3,(H,15,16,20). The molecule has 1 saturated heterocycles. The van der Waals surface area contributed by atoms with Crippen LogP contribution in [0, 0.1) is 6.92 Å². The van der Waals surface area contributed by atoms with E-state index in [2.05, 4.69) is 15.0 Å². The van der Waals surface area contributed by atoms with Crippen molar-refractivity contribution < 1.29 is 19.3 Å². The van der Waals surface area contributed by atoms with Crippen LogP contribution in [0.1, 0.15) is 11.9 Å². The number of halogens is 1. The van der Waals surface area contributed by atoms with Gasteiger partial charge in [0.1, 0.15) is 18.0 Å². The second kappa shape index (κ2) is 5.17. The zero-order valence-corrected chi connectivity index (χ0v) is 11.2. The third-order valence-electron chi connectivity index (χ3n) is 3.64. The van der Waals surface area contributed by atoms with Crippen molar-refractivity contribution in [2.24, 2.45) is 0 Å². The number of hydrogen-bond donors (Lipinski definition) is 3. The molecule has 9 heteroatoms. The fraction of sp³-hybridized carbons (Fsp3) is 0.583. The number of nitrogens with zero attached hydrogens (tertiary/aromatic N) is 3. The first-order valence-corrected chi connectivity index (χ1v) is 6.51. The Morgan fingerprint density at radius 1 is 1.62 bits per heavy atom. The highest BCUT2D eigenvalue weighted by molar-refractivity contribution is 5.69. The Morgan fingerprint density at radius 3 is 3.10 bits per heavy atom. The van der Waals surface area contributed by atoms with Gasteiger partial charge < -0.3 is 24.5 Å². The number of aliphatic hydroxyl groups excluding tert-OH is 2. The van der Waals surface area contributed by atoms with Gasteiger partial charge in [0.15, 0.2) is 17.3 Å². The molecule has 0 bridgehead atoms. The molecule has 3 rings (SSSR count). The molecule has 1 aliphatic rings. The lowest BCUT2D eigenvalue weighted by atomic mass is 9.99. The number of aryl methyl sites for hydroxylation is 1. The minimum atomic E-state index is -1.66. The second-order valence-corrected chi connectivity index (χ2v) is 5.03. The molecular weight excluding hydrogens is 283 g/mol. The highest BCUT2D eigenvalue weighted by atomic mass is 19.1. The molecule has 8 nitrogen and oxygen atoms in total. The topological polar surface area (TPSA) is 113 Å². The highest BCUT2D eigenvalue weighted by Gasteiger charge is 2.41. The number of fused-ring (bicyclic) bond motifs is 1. The van der Waals surface area contributed by atoms with Gasteiger partial charge in [-0.2, -0.15) is 0 Å². The van der Waals surface area contributed by atoms with E-state index in [0.717, 1.165) is 0 Å². The van der Waals surface area contributed by atoms with Crippen LogP contribution in [0.4, 0.5) is 4.39 Å². The summed E-state index contributed by atoms with van der Waals surface area (Å²) < 4.78 is 21.0. The maximum absolute atomic E-state index is 14.4. The minimum Gasteiger partial charge on any atom is -0.394 e. The maximum Gasteiger partial charge on any atom is 0.279 e. The van der Waals surface area contributed by atoms with Crippen molar-refractivity contribution in [3.63, 3.8) is 0 Å². The number of nitrogens with one attached hydrogen (secondary N) is 1. The van der Waals surface area contributed by atoms with Crippen LogP contribution in [0.2, 0.25) is 0 Å². The Kier molecular flexibility index (Phi) is 3.47. The van der Waals surface area contributed by atoms with Crippen LogP contribution in [-0.2, 0) is 4.74 Å². The van der Waals surface area contributed by atoms with Gasteiger partial charge in [-0.3, -0.25) is 4.79 Å². The van der Waals surface area contributed by atoms with E-state index in [-0.39, 0.29) is 17.8 Å². The summed E-state index contributed by atoms with van der Waals surface area (Å²) in [6.45, 7) is 1.09. The minimum absolute atomic E-state index is 0.0531. The summed E-state index contributed by atoms with van der Waals surface area (Å²) in [5, 5.41) is 18.8. The summed E-state index contributed by atoms with van der Waals surface area (Å²) in [5.74, 6) is 0.384. The SMILES string of the molecule is Cc1nc2c(ncn2C2COC(CO)C(O)C2F)c(=O)[nH]1. The van der Waals surface area contributed by atoms with Crippen LogP contribution in [0.3, 0.4) is 0 Å². The molecule has 114 valence electrons. The van der Waals surface area contributed by atoms with E-state index in [0.29, 0.717) is 5.82 Å². The Bertz CT molecular complexity index is 715. The van der Waals surface area contributed by atoms with Gasteiger partial charge >= 0.3 is 0 Å². The van der Waals surface area contributed by atoms with Crippen molar-refractivity contribution in [3.05, 3.63) is 22.5 Å². The summed E-state index contributed by atoms with van der Waals surface area (Å²) >= 11 is 0. The smallest absolute Gasteiger partial charge is 0.279 e. The molecule has 1 fully saturated rings. The highest BCUT2D eigenvalue weighted by Crippen LogP contribution is 2.28. The molecule has 0 radical (unpaired) electrons. The molecule has 2 aromatic rings. The third-order valence-corrected chi connectivity index (χ3v) is 3.64. The Labute approximate surface area is 118 Å². The predicted molar refractivity (Wildman–Crippen MR) is 69.7 cm³/mol. The molecule has 2 aromatic heterocycles. The quantitative estimate of drug-likeness (QED) is 0.659. The van der Waals surface area contributed by atoms with Gasteiger partial charge in [-0.05, 0) is 6.92 Å². The molecule has 4 unspecified atom stereocenters. The molecule has 1 aliphatic heterocycles. The average molecular weight is 298 g/mol. The van der Waals surface area contributed by atoms with Crippen LogP contribution >= 0.6 is 0 Å². The number of imidazole rings is 1. The van der Waals surface area contributed by atoms with Crippen molar-refractivity contribution in [1.82, 2.24) is 19.5 Å². The molecular formula is C12H15FN4O4. The lowest BCUT2D eigenvalue weighted by Crippen LogP contribution is -2.50. The third kappa shape index (κ3) is 2.23. The van der Waals surface area contributed by atoms with Gasteiger partial charge in [-0.1, -0.05) is 0 Å². The van der Waals surface area contributed by atoms with E-state index in [4.69, 9.17) is 9.84 Å². The van der Waals surface area contributed by atoms with Gasteiger partial charge in [-0.15, -0.1) is 0 Å². The molecule has 4 atom stereocenters. The predicted octanol–water partition coefficient (Wildman–Crippen LogP) is -0.941. The molecule has 0 spiro atoms. The maximum atomic E-state index is 14.4. The van der Waals surface area contributed by atoms with Crippen LogP contribution < -0.4 is 5.56 Å². The van der Waals surface area contributed by atoms with E-state index >= 15 is 0 Å². The first kappa shape index (κ1) is 14.1. The Morgan fingerprint density at radius 2 is 2.38 bits per heavy atom. The van der Waals surface area contributed by atoms with Crippen molar-refractivity contribution in [3.8, 4) is 0 Å². The molecule has 0 aliphatic carbocycles. The Hall–Kier alpha value is -1.84. The zero-order chi connectivity index (χ0) is 15.1. The van der Waals surface area contributed by atoms with Crippen molar-refractivity contribution in [2.45, 2.75) is 31.3 Å². The van der Waals surface area contributed by atoms with Crippen LogP contribution in [0.25, 0.3) is 11.2 Å². The molecule has 0 aromatic carbocycles. The van der Waals surface area contributed by atoms with Gasteiger partial charge in [0, 0.05) is 0 Å². The lowest BCUT2D eigenvalue weighted by Gasteiger charge is -2.36. The number of ether oxygens (including phenoxy) is 1. The van der Waals surface area contributed by atoms with E-state index < -0.39 is 36.6 Å². The molecule has 3 heterocycles. The summed E-state index contributed by atoms with van der Waals surface area (Å²) in [6, 6.07) is -0.860. The molecule has 0 amide bonds. The number of rotatable bonds is 2. The second-order valence-electron chi connectivity index (χ2n) is 5.03. The van der Waals surface area contributed by atoms with Crippen molar-refractivity contribution in [2.75, 3.05) is 13.2 Å². The number of aromatic amines is 1. The molecule has 21 heavy (non-hydrogen) atoms. The van der Waals surface area contributed by atoms with E-state index in [1.807, 2.05) is 0 Å². The fourth-order valence-electron chi connectivity index (χ4n) is 2.52. The molecule has 0 saturated carbocycles. The number of aromatic nitrogens is 4. The zero-order valence-electron chi connectivity index (χ0n) is 11.2. The molecule has 3 N–H and O–H groups in total. The summed E-state index contributed by atoms with van der Waals surface area (Å²) in [7, 11) is 0. The van der Waals surface area contributed by atoms with E-state index in [1.165, 1.54) is 10.9 Å². The number of hydrogen-bond acceptors (Lipinski definition) is 6. The fourth-order valence-corrected chi connectivity index (χ4v) is 2.52. The Balaban J connectivity index is 2.03. The van der Waals surface area contributed by atoms with Crippen LogP contribution in [0.5, 0.6) is 0 Å². The average Bonchev–Trinajstić information content (AvgIpc) is 2.86. The van der Waals surface area contributed by atoms with Gasteiger partial charge in [0.25, 0.3) is 5.56 Å². The van der Waals surface area contributed by atoms with E-state index in [1.54, 1.807) is 6.92 Å². The summed E-state index contributed by atoms with van der Waals surface area (Å²) in [5.41, 5.74) is -0.0640. The van der Waals surface area contributed by atoms with Crippen LogP contribution in [-0.4, -0.2) is 61.3 Å². The number of alkyl halides is 1. The number of H-pyrrole nitrogens is 1. The largest absolute Gasteiger partial charge is 0.394 e. The van der Waals surface area contributed by atoms with Crippen LogP contribution in [0.15, 0.2) is 11.1 Å². The monoisotopic (exact) mass is 298 g/mol. The van der Waals surface area contributed by atoms with Gasteiger partial charge in [-0.25, -0.2) is 14.4 Å². The van der Waals surface area contributed by atoms with Crippen molar-refractivity contribution >= 4 is 11.2 Å². The van der Waals surface area contributed by atoms with Crippen molar-refractivity contribution in [1.29, 1.82) is 0 Å². The lowest BCUT2D eigenvalue weighted by molar-refractivity contribution is -0.148. The van der Waals surface area contributed by atoms with Gasteiger partial charge in [0.2, 0.25) is 0 Å². The first-order chi connectivity index (χ1) is 10.0. The normalized spacial score (nSPS) is 29.9. The van der Waals surface area contributed by atoms with E-state index in [9.17, 15) is 14.3 Å².